The Morgan fingerprint density at radius 1 is 1.88 bits per heavy atom. The normalized spacial score (nSPS) is 22.8. The van der Waals surface area contributed by atoms with Crippen molar-refractivity contribution in [3.63, 3.8) is 0 Å². The summed E-state index contributed by atoms with van der Waals surface area (Å²) in [6.45, 7) is 0. The summed E-state index contributed by atoms with van der Waals surface area (Å²) in [6, 6.07) is 0. The van der Waals surface area contributed by atoms with Crippen LogP contribution in [-0.2, 0) is 0 Å². The molecule has 1 heterocycles. The maximum absolute atomic E-state index is 10.3. The summed E-state index contributed by atoms with van der Waals surface area (Å²) in [6.07, 6.45) is 2.03. The van der Waals surface area contributed by atoms with Gasteiger partial charge in [-0.1, -0.05) is 0 Å². The van der Waals surface area contributed by atoms with Gasteiger partial charge in [-0.3, -0.25) is 0 Å². The number of halogens is 2. The molecule has 8 heavy (non-hydrogen) atoms. The molecule has 0 aromatic heterocycles. The van der Waals surface area contributed by atoms with E-state index in [0.29, 0.717) is 0 Å². The Hall–Kier alpha value is 0.670. The van der Waals surface area contributed by atoms with E-state index in [4.69, 9.17) is 5.11 Å². The minimum atomic E-state index is -1.39. The van der Waals surface area contributed by atoms with Crippen LogP contribution in [0.4, 0.5) is 4.79 Å². The van der Waals surface area contributed by atoms with Crippen LogP contribution < -0.4 is 17.2 Å². The molecule has 0 fully saturated rings. The van der Waals surface area contributed by atoms with Gasteiger partial charge < -0.3 is 0 Å². The Morgan fingerprint density at radius 2 is 2.62 bits per heavy atom. The molecule has 0 amide bonds. The van der Waals surface area contributed by atoms with E-state index in [-0.39, 0.29) is 17.2 Å². The molecule has 0 saturated heterocycles. The molecule has 1 aliphatic heterocycles. The molecule has 0 atom stereocenters. The molecule has 0 aromatic rings. The Kier molecular flexibility index (Phi) is 2.54. The number of alkyl halides is 1. The van der Waals surface area contributed by atoms with Gasteiger partial charge in [-0.15, -0.1) is 0 Å². The molecular weight excluding hydrogens is 334 g/mol. The van der Waals surface area contributed by atoms with Crippen molar-refractivity contribution in [3.05, 3.63) is 10.2 Å². The van der Waals surface area contributed by atoms with Crippen molar-refractivity contribution in [2.75, 3.05) is 4.43 Å². The number of hydrogen-bond acceptors (Lipinski definition) is 1. The number of carboxylic acid groups (broad SMARTS) is 1. The Balaban J connectivity index is 2.41. The number of hydrogen-bond donors (Lipinski definition) is 1. The van der Waals surface area contributed by atoms with Crippen LogP contribution in [-0.4, -0.2) is 13.5 Å². The van der Waals surface area contributed by atoms with Gasteiger partial charge in [-0.2, -0.15) is 0 Å². The molecule has 0 aliphatic carbocycles. The third-order valence-corrected chi connectivity index (χ3v) is 14.5. The molecule has 0 saturated carbocycles. The minimum absolute atomic E-state index is 0.0126. The van der Waals surface area contributed by atoms with Crippen molar-refractivity contribution in [2.45, 2.75) is 0 Å². The van der Waals surface area contributed by atoms with E-state index in [1.165, 1.54) is 0 Å². The van der Waals surface area contributed by atoms with Crippen LogP contribution in [0, 0.1) is 0 Å². The van der Waals surface area contributed by atoms with Gasteiger partial charge in [0.1, 0.15) is 0 Å². The second kappa shape index (κ2) is 3.00. The summed E-state index contributed by atoms with van der Waals surface area (Å²) < 4.78 is 2.55. The SMILES string of the molecule is O=C(O)I1CC=C[I-]1. The molecule has 1 rings (SSSR count). The second-order valence-electron chi connectivity index (χ2n) is 1.16. The predicted octanol–water partition coefficient (Wildman–Crippen LogP) is -1.30. The quantitative estimate of drug-likeness (QED) is 0.367. The maximum atomic E-state index is 10.3. The Morgan fingerprint density at radius 3 is 2.88 bits per heavy atom. The van der Waals surface area contributed by atoms with Crippen LogP contribution in [0.1, 0.15) is 0 Å². The van der Waals surface area contributed by atoms with Crippen molar-refractivity contribution < 1.29 is 27.1 Å². The second-order valence-corrected chi connectivity index (χ2v) is 15.7. The monoisotopic (exact) mass is 339 g/mol. The number of allylic oxidation sites excluding steroid dienone is 1. The van der Waals surface area contributed by atoms with E-state index in [0.717, 1.165) is 4.43 Å². The average Bonchev–Trinajstić information content (AvgIpc) is 2.12. The first-order chi connectivity index (χ1) is 3.80. The van der Waals surface area contributed by atoms with E-state index in [1.54, 1.807) is 0 Å². The van der Waals surface area contributed by atoms with Crippen LogP contribution in [0.5, 0.6) is 0 Å². The van der Waals surface area contributed by atoms with Crippen molar-refractivity contribution >= 4 is 19.8 Å². The van der Waals surface area contributed by atoms with Crippen molar-refractivity contribution in [1.82, 2.24) is 0 Å². The molecule has 0 radical (unpaired) electrons. The zero-order valence-electron chi connectivity index (χ0n) is 3.97. The molecule has 0 aromatic carbocycles. The van der Waals surface area contributed by atoms with Gasteiger partial charge in [-0.25, -0.2) is 0 Å². The van der Waals surface area contributed by atoms with Gasteiger partial charge in [0.2, 0.25) is 0 Å². The standard InChI is InChI=1S/C4H5I2O2/c7-4(8)6-3-1-2-5-6/h1-2H,3H2,(H,7,8)/q-1. The molecule has 0 bridgehead atoms. The van der Waals surface area contributed by atoms with Crippen LogP contribution in [0.15, 0.2) is 10.2 Å². The zero-order valence-corrected chi connectivity index (χ0v) is 8.29. The van der Waals surface area contributed by atoms with Gasteiger partial charge in [0.05, 0.1) is 0 Å². The zero-order chi connectivity index (χ0) is 5.98. The van der Waals surface area contributed by atoms with Crippen LogP contribution in [0.2, 0.25) is 0 Å². The fourth-order valence-corrected chi connectivity index (χ4v) is 11.0. The molecule has 48 valence electrons. The summed E-state index contributed by atoms with van der Waals surface area (Å²) in [5.74, 6) is 0. The van der Waals surface area contributed by atoms with Gasteiger partial charge in [0, 0.05) is 0 Å². The van der Waals surface area contributed by atoms with E-state index in [2.05, 4.69) is 4.08 Å². The van der Waals surface area contributed by atoms with Crippen LogP contribution in [0.25, 0.3) is 0 Å². The van der Waals surface area contributed by atoms with E-state index in [9.17, 15) is 4.79 Å². The summed E-state index contributed by atoms with van der Waals surface area (Å²) in [4.78, 5) is 10.3. The van der Waals surface area contributed by atoms with Gasteiger partial charge in [0.25, 0.3) is 0 Å². The van der Waals surface area contributed by atoms with E-state index < -0.39 is 19.8 Å². The summed E-state index contributed by atoms with van der Waals surface area (Å²) in [7, 11) is 0. The molecule has 0 spiro atoms. The summed E-state index contributed by atoms with van der Waals surface area (Å²) in [5.41, 5.74) is 0. The number of rotatable bonds is 1. The van der Waals surface area contributed by atoms with E-state index >= 15 is 0 Å². The molecular formula is C4H5I2O2-. The molecule has 1 N–H and O–H groups in total. The summed E-state index contributed by atoms with van der Waals surface area (Å²) in [5, 5.41) is 8.47. The first-order valence-electron chi connectivity index (χ1n) is 1.99. The summed E-state index contributed by atoms with van der Waals surface area (Å²) >= 11 is -1.38. The van der Waals surface area contributed by atoms with Gasteiger partial charge in [0.15, 0.2) is 0 Å². The number of carbonyl (C=O) groups is 1. The molecule has 0 unspecified atom stereocenters. The average molecular weight is 339 g/mol. The molecule has 4 heteroatoms. The van der Waals surface area contributed by atoms with Crippen LogP contribution >= 0.6 is 15.8 Å². The first-order valence-corrected chi connectivity index (χ1v) is 12.1. The third kappa shape index (κ3) is 1.57. The van der Waals surface area contributed by atoms with Crippen molar-refractivity contribution in [2.24, 2.45) is 0 Å². The van der Waals surface area contributed by atoms with Crippen molar-refractivity contribution in [3.8, 4) is 0 Å². The Bertz CT molecular complexity index is 124. The molecule has 1 aliphatic rings. The first kappa shape index (κ1) is 6.79. The third-order valence-electron chi connectivity index (χ3n) is 0.636. The topological polar surface area (TPSA) is 37.3 Å². The van der Waals surface area contributed by atoms with E-state index in [1.807, 2.05) is 6.08 Å². The predicted molar refractivity (Wildman–Crippen MR) is 36.1 cm³/mol. The molecule has 2 nitrogen and oxygen atoms in total. The Labute approximate surface area is 61.0 Å². The fraction of sp³-hybridized carbons (Fsp3) is 0.250. The van der Waals surface area contributed by atoms with Gasteiger partial charge in [-0.05, 0) is 0 Å². The van der Waals surface area contributed by atoms with Crippen LogP contribution in [0.3, 0.4) is 0 Å². The fourth-order valence-electron chi connectivity index (χ4n) is 0.338. The van der Waals surface area contributed by atoms with Crippen molar-refractivity contribution in [1.29, 1.82) is 0 Å². The van der Waals surface area contributed by atoms with Gasteiger partial charge >= 0.3 is 61.5 Å².